The number of nitrogens with two attached hydrogens (primary N) is 1. The fraction of sp³-hybridized carbons (Fsp3) is 0. The van der Waals surface area contributed by atoms with Gasteiger partial charge in [-0.25, -0.2) is 4.63 Å². The fourth-order valence-corrected chi connectivity index (χ4v) is 0.517. The van der Waals surface area contributed by atoms with E-state index in [0.29, 0.717) is 0 Å². The largest absolute Gasteiger partial charge is 0.410 e. The number of anilines is 1. The summed E-state index contributed by atoms with van der Waals surface area (Å²) in [7, 11) is 0. The number of halogens is 1. The summed E-state index contributed by atoms with van der Waals surface area (Å²) >= 11 is 5.29. The van der Waals surface area contributed by atoms with Crippen molar-refractivity contribution in [2.75, 3.05) is 5.73 Å². The van der Waals surface area contributed by atoms with E-state index in [4.69, 9.17) is 22.5 Å². The molecule has 7 heteroatoms. The lowest BCUT2D eigenvalue weighted by Crippen LogP contribution is -1.97. The van der Waals surface area contributed by atoms with Crippen molar-refractivity contribution in [2.24, 2.45) is 5.16 Å². The van der Waals surface area contributed by atoms with Crippen LogP contribution >= 0.6 is 11.6 Å². The Hall–Kier alpha value is -1.30. The summed E-state index contributed by atoms with van der Waals surface area (Å²) < 4.78 is 4.17. The molecule has 0 spiro atoms. The van der Waals surface area contributed by atoms with Gasteiger partial charge < -0.3 is 10.9 Å². The molecule has 10 heavy (non-hydrogen) atoms. The lowest BCUT2D eigenvalue weighted by atomic mass is 10.5. The van der Waals surface area contributed by atoms with Crippen LogP contribution in [-0.4, -0.2) is 20.7 Å². The van der Waals surface area contributed by atoms with Gasteiger partial charge in [0.25, 0.3) is 0 Å². The van der Waals surface area contributed by atoms with E-state index >= 15 is 0 Å². The molecule has 0 unspecified atom stereocenters. The number of oxime groups is 1. The van der Waals surface area contributed by atoms with Gasteiger partial charge in [-0.2, -0.15) is 0 Å². The molecule has 0 atom stereocenters. The van der Waals surface area contributed by atoms with E-state index in [1.54, 1.807) is 0 Å². The van der Waals surface area contributed by atoms with Gasteiger partial charge in [-0.3, -0.25) is 0 Å². The summed E-state index contributed by atoms with van der Waals surface area (Å²) in [5.41, 5.74) is 5.20. The Morgan fingerprint density at radius 3 is 2.80 bits per heavy atom. The molecule has 0 aliphatic carbocycles. The molecule has 0 bridgehead atoms. The molecule has 1 heterocycles. The van der Waals surface area contributed by atoms with E-state index in [9.17, 15) is 0 Å². The Labute approximate surface area is 60.2 Å². The molecule has 3 N–H and O–H groups in total. The van der Waals surface area contributed by atoms with Crippen molar-refractivity contribution in [3.63, 3.8) is 0 Å². The van der Waals surface area contributed by atoms with Gasteiger partial charge in [0.2, 0.25) is 5.17 Å². The van der Waals surface area contributed by atoms with Crippen molar-refractivity contribution in [3.05, 3.63) is 5.69 Å². The maximum absolute atomic E-state index is 8.12. The second-order valence-electron chi connectivity index (χ2n) is 1.39. The van der Waals surface area contributed by atoms with Gasteiger partial charge in [0.15, 0.2) is 11.5 Å². The van der Waals surface area contributed by atoms with Gasteiger partial charge in [-0.15, -0.1) is 0 Å². The molecule has 0 fully saturated rings. The smallest absolute Gasteiger partial charge is 0.201 e. The first-order valence-corrected chi connectivity index (χ1v) is 2.59. The predicted octanol–water partition coefficient (Wildman–Crippen LogP) is 0.0264. The van der Waals surface area contributed by atoms with E-state index in [0.717, 1.165) is 0 Å². The summed E-state index contributed by atoms with van der Waals surface area (Å²) in [5.74, 6) is -0.0113. The SMILES string of the molecule is Nc1nonc1C(Cl)=NO. The van der Waals surface area contributed by atoms with E-state index in [-0.39, 0.29) is 16.7 Å². The number of hydrogen-bond acceptors (Lipinski definition) is 6. The molecule has 0 aliphatic rings. The van der Waals surface area contributed by atoms with Crippen LogP contribution < -0.4 is 5.73 Å². The summed E-state index contributed by atoms with van der Waals surface area (Å²) in [4.78, 5) is 0. The van der Waals surface area contributed by atoms with Crippen molar-refractivity contribution >= 4 is 22.6 Å². The van der Waals surface area contributed by atoms with Crippen LogP contribution in [0.3, 0.4) is 0 Å². The third kappa shape index (κ3) is 1.01. The Bertz CT molecular complexity index is 257. The molecule has 0 saturated carbocycles. The molecule has 0 saturated heterocycles. The van der Waals surface area contributed by atoms with Crippen LogP contribution in [0.1, 0.15) is 5.69 Å². The maximum atomic E-state index is 8.12. The molecule has 0 amide bonds. The Kier molecular flexibility index (Phi) is 1.72. The summed E-state index contributed by atoms with van der Waals surface area (Å²) in [6.07, 6.45) is 0. The summed E-state index contributed by atoms with van der Waals surface area (Å²) in [5, 5.41) is 17.0. The van der Waals surface area contributed by atoms with Crippen molar-refractivity contribution < 1.29 is 9.84 Å². The second-order valence-corrected chi connectivity index (χ2v) is 1.75. The van der Waals surface area contributed by atoms with Crippen LogP contribution in [0.25, 0.3) is 0 Å². The lowest BCUT2D eigenvalue weighted by molar-refractivity contribution is 0.305. The quantitative estimate of drug-likeness (QED) is 0.345. The van der Waals surface area contributed by atoms with Crippen LogP contribution in [0.4, 0.5) is 5.82 Å². The van der Waals surface area contributed by atoms with E-state index in [1.807, 2.05) is 0 Å². The van der Waals surface area contributed by atoms with Crippen molar-refractivity contribution in [1.82, 2.24) is 10.3 Å². The second kappa shape index (κ2) is 2.53. The number of aromatic nitrogens is 2. The maximum Gasteiger partial charge on any atom is 0.201 e. The standard InChI is InChI=1S/C3H3ClN4O2/c4-2(6-9)1-3(5)8-10-7-1/h9H,(H2,5,8). The van der Waals surface area contributed by atoms with E-state index in [1.165, 1.54) is 0 Å². The Morgan fingerprint density at radius 1 is 1.70 bits per heavy atom. The van der Waals surface area contributed by atoms with Gasteiger partial charge in [0.05, 0.1) is 0 Å². The normalized spacial score (nSPS) is 11.9. The van der Waals surface area contributed by atoms with E-state index < -0.39 is 0 Å². The monoisotopic (exact) mass is 162 g/mol. The number of rotatable bonds is 1. The first kappa shape index (κ1) is 6.81. The zero-order valence-electron chi connectivity index (χ0n) is 4.65. The van der Waals surface area contributed by atoms with Crippen molar-refractivity contribution in [3.8, 4) is 0 Å². The minimum Gasteiger partial charge on any atom is -0.410 e. The number of nitrogen functional groups attached to an aromatic ring is 1. The number of hydrogen-bond donors (Lipinski definition) is 2. The Balaban J connectivity index is 3.05. The molecule has 0 aliphatic heterocycles. The predicted molar refractivity (Wildman–Crippen MR) is 32.9 cm³/mol. The summed E-state index contributed by atoms with van der Waals surface area (Å²) in [6.45, 7) is 0. The van der Waals surface area contributed by atoms with Crippen LogP contribution in [0, 0.1) is 0 Å². The first-order chi connectivity index (χ1) is 4.75. The van der Waals surface area contributed by atoms with Crippen molar-refractivity contribution in [1.29, 1.82) is 0 Å². The van der Waals surface area contributed by atoms with Gasteiger partial charge in [0.1, 0.15) is 0 Å². The highest BCUT2D eigenvalue weighted by Crippen LogP contribution is 2.07. The highest BCUT2D eigenvalue weighted by molar-refractivity contribution is 6.69. The fourth-order valence-electron chi connectivity index (χ4n) is 0.386. The minimum absolute atomic E-state index is 0.0113. The zero-order valence-corrected chi connectivity index (χ0v) is 5.41. The highest BCUT2D eigenvalue weighted by atomic mass is 35.5. The summed E-state index contributed by atoms with van der Waals surface area (Å²) in [6, 6.07) is 0. The molecule has 0 aromatic carbocycles. The Morgan fingerprint density at radius 2 is 2.40 bits per heavy atom. The van der Waals surface area contributed by atoms with Gasteiger partial charge >= 0.3 is 0 Å². The topological polar surface area (TPSA) is 97.5 Å². The minimum atomic E-state index is -0.251. The van der Waals surface area contributed by atoms with Gasteiger partial charge in [0, 0.05) is 0 Å². The molecule has 1 aromatic heterocycles. The van der Waals surface area contributed by atoms with Gasteiger partial charge in [-0.1, -0.05) is 16.8 Å². The van der Waals surface area contributed by atoms with Gasteiger partial charge in [-0.05, 0) is 10.3 Å². The number of nitrogens with zero attached hydrogens (tertiary/aromatic N) is 3. The van der Waals surface area contributed by atoms with E-state index in [2.05, 4.69) is 20.1 Å². The molecule has 6 nitrogen and oxygen atoms in total. The zero-order chi connectivity index (χ0) is 7.56. The third-order valence-electron chi connectivity index (χ3n) is 0.797. The average Bonchev–Trinajstić information content (AvgIpc) is 2.34. The van der Waals surface area contributed by atoms with Crippen LogP contribution in [0.2, 0.25) is 0 Å². The average molecular weight is 163 g/mol. The molecule has 54 valence electrons. The molecule has 1 aromatic rings. The lowest BCUT2D eigenvalue weighted by Gasteiger charge is -1.84. The van der Waals surface area contributed by atoms with Crippen LogP contribution in [0.5, 0.6) is 0 Å². The van der Waals surface area contributed by atoms with Crippen molar-refractivity contribution in [2.45, 2.75) is 0 Å². The van der Waals surface area contributed by atoms with Crippen LogP contribution in [0.15, 0.2) is 9.78 Å². The molecular weight excluding hydrogens is 160 g/mol. The first-order valence-electron chi connectivity index (χ1n) is 2.21. The molecule has 1 rings (SSSR count). The van der Waals surface area contributed by atoms with Crippen LogP contribution in [-0.2, 0) is 0 Å². The highest BCUT2D eigenvalue weighted by Gasteiger charge is 2.10. The third-order valence-corrected chi connectivity index (χ3v) is 1.05. The molecular formula is C3H3ClN4O2. The molecule has 0 radical (unpaired) electrons.